The SMILES string of the molecule is Cc1ccc(C(=O)N2CCc3ccccc3C2C(=O)NCc2cccc(F)c2)cc1. The molecule has 1 heterocycles. The molecule has 0 fully saturated rings. The molecule has 1 unspecified atom stereocenters. The van der Waals surface area contributed by atoms with Gasteiger partial charge in [0.1, 0.15) is 11.9 Å². The van der Waals surface area contributed by atoms with Crippen LogP contribution in [0.2, 0.25) is 0 Å². The molecule has 4 rings (SSSR count). The van der Waals surface area contributed by atoms with Crippen LogP contribution in [0.3, 0.4) is 0 Å². The van der Waals surface area contributed by atoms with E-state index in [9.17, 15) is 14.0 Å². The van der Waals surface area contributed by atoms with Gasteiger partial charge >= 0.3 is 0 Å². The Bertz CT molecular complexity index is 1080. The van der Waals surface area contributed by atoms with E-state index >= 15 is 0 Å². The fourth-order valence-electron chi connectivity index (χ4n) is 3.86. The molecule has 1 atom stereocenters. The van der Waals surface area contributed by atoms with Gasteiger partial charge < -0.3 is 10.2 Å². The molecule has 1 aliphatic heterocycles. The second-order valence-corrected chi connectivity index (χ2v) is 7.56. The molecule has 5 heteroatoms. The Morgan fingerprint density at radius 1 is 1.03 bits per heavy atom. The molecular weight excluding hydrogens is 379 g/mol. The van der Waals surface area contributed by atoms with E-state index in [0.717, 1.165) is 16.7 Å². The van der Waals surface area contributed by atoms with Crippen LogP contribution in [0.25, 0.3) is 0 Å². The normalized spacial score (nSPS) is 15.4. The van der Waals surface area contributed by atoms with E-state index in [-0.39, 0.29) is 24.2 Å². The van der Waals surface area contributed by atoms with Gasteiger partial charge in [0.2, 0.25) is 5.91 Å². The molecular formula is C25H23FN2O2. The molecule has 0 bridgehead atoms. The van der Waals surface area contributed by atoms with Gasteiger partial charge in [-0.25, -0.2) is 4.39 Å². The summed E-state index contributed by atoms with van der Waals surface area (Å²) >= 11 is 0. The predicted octanol–water partition coefficient (Wildman–Crippen LogP) is 4.19. The van der Waals surface area contributed by atoms with Crippen molar-refractivity contribution in [2.45, 2.75) is 25.9 Å². The molecule has 0 saturated carbocycles. The largest absolute Gasteiger partial charge is 0.350 e. The number of amides is 2. The zero-order valence-corrected chi connectivity index (χ0v) is 16.8. The van der Waals surface area contributed by atoms with E-state index < -0.39 is 6.04 Å². The minimum Gasteiger partial charge on any atom is -0.350 e. The van der Waals surface area contributed by atoms with Crippen LogP contribution in [0, 0.1) is 12.7 Å². The zero-order valence-electron chi connectivity index (χ0n) is 16.8. The van der Waals surface area contributed by atoms with Crippen LogP contribution in [0.15, 0.2) is 72.8 Å². The summed E-state index contributed by atoms with van der Waals surface area (Å²) in [6.45, 7) is 2.62. The molecule has 4 nitrogen and oxygen atoms in total. The van der Waals surface area contributed by atoms with Crippen LogP contribution in [0.1, 0.15) is 38.7 Å². The van der Waals surface area contributed by atoms with E-state index in [1.165, 1.54) is 12.1 Å². The van der Waals surface area contributed by atoms with Crippen molar-refractivity contribution >= 4 is 11.8 Å². The van der Waals surface area contributed by atoms with Gasteiger partial charge in [-0.15, -0.1) is 0 Å². The average molecular weight is 402 g/mol. The Balaban J connectivity index is 1.61. The summed E-state index contributed by atoms with van der Waals surface area (Å²) in [5.74, 6) is -0.789. The third-order valence-corrected chi connectivity index (χ3v) is 5.45. The lowest BCUT2D eigenvalue weighted by molar-refractivity contribution is -0.126. The number of hydrogen-bond acceptors (Lipinski definition) is 2. The monoisotopic (exact) mass is 402 g/mol. The Morgan fingerprint density at radius 3 is 2.57 bits per heavy atom. The van der Waals surface area contributed by atoms with Gasteiger partial charge in [0, 0.05) is 18.7 Å². The molecule has 1 N–H and O–H groups in total. The summed E-state index contributed by atoms with van der Waals surface area (Å²) in [4.78, 5) is 28.1. The van der Waals surface area contributed by atoms with Gasteiger partial charge in [-0.05, 0) is 54.3 Å². The van der Waals surface area contributed by atoms with Crippen molar-refractivity contribution in [3.8, 4) is 0 Å². The van der Waals surface area contributed by atoms with Crippen molar-refractivity contribution in [1.82, 2.24) is 10.2 Å². The van der Waals surface area contributed by atoms with Crippen molar-refractivity contribution in [2.75, 3.05) is 6.54 Å². The number of nitrogens with one attached hydrogen (secondary N) is 1. The molecule has 2 amide bonds. The van der Waals surface area contributed by atoms with E-state index in [0.29, 0.717) is 24.1 Å². The molecule has 3 aromatic rings. The highest BCUT2D eigenvalue weighted by Crippen LogP contribution is 2.31. The van der Waals surface area contributed by atoms with E-state index in [4.69, 9.17) is 0 Å². The number of aryl methyl sites for hydroxylation is 1. The maximum atomic E-state index is 13.5. The number of rotatable bonds is 4. The number of hydrogen-bond donors (Lipinski definition) is 1. The van der Waals surface area contributed by atoms with E-state index in [1.54, 1.807) is 29.2 Å². The van der Waals surface area contributed by atoms with Crippen LogP contribution in [0.5, 0.6) is 0 Å². The van der Waals surface area contributed by atoms with Gasteiger partial charge in [-0.3, -0.25) is 9.59 Å². The smallest absolute Gasteiger partial charge is 0.254 e. The minimum atomic E-state index is -0.725. The number of carbonyl (C=O) groups excluding carboxylic acids is 2. The molecule has 1 aliphatic rings. The first-order chi connectivity index (χ1) is 14.5. The van der Waals surface area contributed by atoms with Crippen LogP contribution in [0.4, 0.5) is 4.39 Å². The van der Waals surface area contributed by atoms with Crippen molar-refractivity contribution < 1.29 is 14.0 Å². The van der Waals surface area contributed by atoms with Crippen molar-refractivity contribution in [1.29, 1.82) is 0 Å². The Morgan fingerprint density at radius 2 is 1.80 bits per heavy atom. The lowest BCUT2D eigenvalue weighted by atomic mass is 9.91. The molecule has 0 aromatic heterocycles. The molecule has 0 saturated heterocycles. The molecule has 30 heavy (non-hydrogen) atoms. The first-order valence-corrected chi connectivity index (χ1v) is 10.0. The number of nitrogens with zero attached hydrogens (tertiary/aromatic N) is 1. The summed E-state index contributed by atoms with van der Waals surface area (Å²) in [5.41, 5.74) is 4.20. The van der Waals surface area contributed by atoms with Crippen LogP contribution in [-0.4, -0.2) is 23.3 Å². The highest BCUT2D eigenvalue weighted by atomic mass is 19.1. The molecule has 0 aliphatic carbocycles. The van der Waals surface area contributed by atoms with Gasteiger partial charge in [0.05, 0.1) is 0 Å². The van der Waals surface area contributed by atoms with E-state index in [1.807, 2.05) is 43.3 Å². The topological polar surface area (TPSA) is 49.4 Å². The lowest BCUT2D eigenvalue weighted by Gasteiger charge is -2.36. The number of fused-ring (bicyclic) bond motifs is 1. The van der Waals surface area contributed by atoms with Gasteiger partial charge in [0.15, 0.2) is 0 Å². The first kappa shape index (κ1) is 19.8. The predicted molar refractivity (Wildman–Crippen MR) is 113 cm³/mol. The number of halogens is 1. The third-order valence-electron chi connectivity index (χ3n) is 5.45. The third kappa shape index (κ3) is 4.10. The average Bonchev–Trinajstić information content (AvgIpc) is 2.77. The maximum Gasteiger partial charge on any atom is 0.254 e. The second-order valence-electron chi connectivity index (χ2n) is 7.56. The standard InChI is InChI=1S/C25H23FN2O2/c1-17-9-11-20(12-10-17)25(30)28-14-13-19-6-2-3-8-22(19)23(28)24(29)27-16-18-5-4-7-21(26)15-18/h2-12,15,23H,13-14,16H2,1H3,(H,27,29). The molecule has 0 spiro atoms. The maximum absolute atomic E-state index is 13.5. The lowest BCUT2D eigenvalue weighted by Crippen LogP contribution is -2.47. The first-order valence-electron chi connectivity index (χ1n) is 10.0. The molecule has 0 radical (unpaired) electrons. The number of carbonyl (C=O) groups is 2. The summed E-state index contributed by atoms with van der Waals surface area (Å²) < 4.78 is 13.5. The Labute approximate surface area is 175 Å². The highest BCUT2D eigenvalue weighted by molar-refractivity contribution is 5.98. The van der Waals surface area contributed by atoms with Gasteiger partial charge in [-0.1, -0.05) is 54.1 Å². The summed E-state index contributed by atoms with van der Waals surface area (Å²) in [6.07, 6.45) is 0.696. The summed E-state index contributed by atoms with van der Waals surface area (Å²) in [6, 6.07) is 20.5. The fraction of sp³-hybridized carbons (Fsp3) is 0.200. The van der Waals surface area contributed by atoms with Crippen LogP contribution < -0.4 is 5.32 Å². The Hall–Kier alpha value is -3.47. The van der Waals surface area contributed by atoms with Crippen molar-refractivity contribution in [2.24, 2.45) is 0 Å². The zero-order chi connectivity index (χ0) is 21.1. The minimum absolute atomic E-state index is 0.171. The highest BCUT2D eigenvalue weighted by Gasteiger charge is 2.36. The van der Waals surface area contributed by atoms with E-state index in [2.05, 4.69) is 5.32 Å². The van der Waals surface area contributed by atoms with Crippen molar-refractivity contribution in [3.05, 3.63) is 106 Å². The molecule has 152 valence electrons. The van der Waals surface area contributed by atoms with Gasteiger partial charge in [0.25, 0.3) is 5.91 Å². The Kier molecular flexibility index (Phi) is 5.61. The number of benzene rings is 3. The summed E-state index contributed by atoms with van der Waals surface area (Å²) in [5, 5.41) is 2.88. The van der Waals surface area contributed by atoms with Crippen LogP contribution in [-0.2, 0) is 17.8 Å². The van der Waals surface area contributed by atoms with Crippen molar-refractivity contribution in [3.63, 3.8) is 0 Å². The quantitative estimate of drug-likeness (QED) is 0.711. The fourth-order valence-corrected chi connectivity index (χ4v) is 3.86. The second kappa shape index (κ2) is 8.49. The molecule has 3 aromatic carbocycles. The van der Waals surface area contributed by atoms with Gasteiger partial charge in [-0.2, -0.15) is 0 Å². The summed E-state index contributed by atoms with van der Waals surface area (Å²) in [7, 11) is 0. The van der Waals surface area contributed by atoms with Crippen LogP contribution >= 0.6 is 0 Å².